The quantitative estimate of drug-likeness (QED) is 0.396. The molecule has 1 heterocycles. The van der Waals surface area contributed by atoms with Crippen molar-refractivity contribution in [3.8, 4) is 0 Å². The predicted octanol–water partition coefficient (Wildman–Crippen LogP) is 3.64. The second-order valence-electron chi connectivity index (χ2n) is 10.5. The van der Waals surface area contributed by atoms with Crippen LogP contribution in [0.1, 0.15) is 37.5 Å². The summed E-state index contributed by atoms with van der Waals surface area (Å²) in [5.74, 6) is 0.105. The van der Waals surface area contributed by atoms with Gasteiger partial charge in [-0.2, -0.15) is 0 Å². The molecule has 12 heteroatoms. The highest BCUT2D eigenvalue weighted by atomic mass is 35.5. The van der Waals surface area contributed by atoms with Gasteiger partial charge in [-0.3, -0.25) is 14.7 Å². The molecular weight excluding hydrogens is 556 g/mol. The van der Waals surface area contributed by atoms with Gasteiger partial charge in [-0.15, -0.1) is 0 Å². The molecular formula is C28H37ClN4O6S. The molecule has 2 aromatic rings. The van der Waals surface area contributed by atoms with Crippen LogP contribution < -0.4 is 5.32 Å². The molecule has 0 atom stereocenters. The Morgan fingerprint density at radius 1 is 1.15 bits per heavy atom. The van der Waals surface area contributed by atoms with Crippen molar-refractivity contribution >= 4 is 39.3 Å². The molecule has 0 aromatic heterocycles. The van der Waals surface area contributed by atoms with E-state index in [0.29, 0.717) is 36.1 Å². The van der Waals surface area contributed by atoms with Crippen LogP contribution in [0.3, 0.4) is 0 Å². The first kappa shape index (κ1) is 31.5. The van der Waals surface area contributed by atoms with Crippen molar-refractivity contribution in [1.29, 1.82) is 0 Å². The molecule has 0 saturated carbocycles. The minimum atomic E-state index is -3.55. The summed E-state index contributed by atoms with van der Waals surface area (Å²) >= 11 is 6.03. The van der Waals surface area contributed by atoms with Crippen LogP contribution in [0.15, 0.2) is 52.4 Å². The number of aliphatic imine (C=N–C) groups is 1. The molecule has 0 spiro atoms. The number of hydrogen-bond acceptors (Lipinski definition) is 8. The monoisotopic (exact) mass is 592 g/mol. The minimum Gasteiger partial charge on any atom is -0.443 e. The average molecular weight is 593 g/mol. The molecule has 2 aromatic carbocycles. The summed E-state index contributed by atoms with van der Waals surface area (Å²) in [4.78, 5) is 32.8. The van der Waals surface area contributed by atoms with Gasteiger partial charge < -0.3 is 19.7 Å². The number of amidine groups is 1. The molecule has 0 aliphatic carbocycles. The highest BCUT2D eigenvalue weighted by Gasteiger charge is 2.29. The van der Waals surface area contributed by atoms with E-state index in [4.69, 9.17) is 21.1 Å². The van der Waals surface area contributed by atoms with Crippen LogP contribution in [0.2, 0.25) is 5.02 Å². The van der Waals surface area contributed by atoms with Crippen molar-refractivity contribution in [2.75, 3.05) is 45.8 Å². The lowest BCUT2D eigenvalue weighted by molar-refractivity contribution is -0.135. The lowest BCUT2D eigenvalue weighted by Crippen LogP contribution is -2.39. The van der Waals surface area contributed by atoms with E-state index in [1.165, 1.54) is 11.0 Å². The molecule has 0 saturated heterocycles. The lowest BCUT2D eigenvalue weighted by Gasteiger charge is -2.25. The first-order valence-electron chi connectivity index (χ1n) is 12.9. The Kier molecular flexibility index (Phi) is 10.7. The number of carbonyl (C=O) groups is 2. The fourth-order valence-corrected chi connectivity index (χ4v) is 5.59. The van der Waals surface area contributed by atoms with E-state index in [0.717, 1.165) is 11.1 Å². The third kappa shape index (κ3) is 8.76. The SMILES string of the molecule is Cc1c(Cl)cccc1S(=O)(=O)CNCCOCC(=O)N(C)Cc1ccc(C2=NCCN2C(=O)OC(C)(C)C)cc1. The maximum absolute atomic E-state index is 12.5. The van der Waals surface area contributed by atoms with Crippen LogP contribution in [0.5, 0.6) is 0 Å². The van der Waals surface area contributed by atoms with E-state index in [-0.39, 0.29) is 36.4 Å². The summed E-state index contributed by atoms with van der Waals surface area (Å²) in [6, 6.07) is 12.3. The van der Waals surface area contributed by atoms with Gasteiger partial charge in [0.15, 0.2) is 9.84 Å². The summed E-state index contributed by atoms with van der Waals surface area (Å²) in [5, 5.41) is 3.24. The summed E-state index contributed by atoms with van der Waals surface area (Å²) in [5.41, 5.74) is 1.62. The maximum atomic E-state index is 12.5. The summed E-state index contributed by atoms with van der Waals surface area (Å²) in [7, 11) is -1.86. The van der Waals surface area contributed by atoms with Crippen molar-refractivity contribution in [3.63, 3.8) is 0 Å². The molecule has 2 amide bonds. The molecule has 0 bridgehead atoms. The van der Waals surface area contributed by atoms with E-state index in [9.17, 15) is 18.0 Å². The van der Waals surface area contributed by atoms with Crippen molar-refractivity contribution in [3.05, 3.63) is 64.2 Å². The van der Waals surface area contributed by atoms with Crippen molar-refractivity contribution in [2.45, 2.75) is 44.7 Å². The molecule has 10 nitrogen and oxygen atoms in total. The van der Waals surface area contributed by atoms with Crippen molar-refractivity contribution < 1.29 is 27.5 Å². The third-order valence-corrected chi connectivity index (χ3v) is 8.11. The van der Waals surface area contributed by atoms with Crippen LogP contribution in [0.4, 0.5) is 4.79 Å². The van der Waals surface area contributed by atoms with Gasteiger partial charge in [-0.25, -0.2) is 13.2 Å². The van der Waals surface area contributed by atoms with Gasteiger partial charge in [-0.1, -0.05) is 41.9 Å². The fourth-order valence-electron chi connectivity index (χ4n) is 3.93. The second kappa shape index (κ2) is 13.6. The minimum absolute atomic E-state index is 0.127. The Bertz CT molecular complexity index is 1340. The highest BCUT2D eigenvalue weighted by molar-refractivity contribution is 7.91. The Morgan fingerprint density at radius 2 is 1.85 bits per heavy atom. The summed E-state index contributed by atoms with van der Waals surface area (Å²) in [6.07, 6.45) is -0.425. The number of carbonyl (C=O) groups excluding carboxylic acids is 2. The van der Waals surface area contributed by atoms with Gasteiger partial charge in [0.05, 0.1) is 24.6 Å². The van der Waals surface area contributed by atoms with E-state index in [1.54, 1.807) is 31.0 Å². The zero-order valence-corrected chi connectivity index (χ0v) is 25.1. The lowest BCUT2D eigenvalue weighted by atomic mass is 10.1. The van der Waals surface area contributed by atoms with Crippen LogP contribution in [-0.4, -0.2) is 87.4 Å². The van der Waals surface area contributed by atoms with E-state index >= 15 is 0 Å². The van der Waals surface area contributed by atoms with Gasteiger partial charge in [0, 0.05) is 30.7 Å². The molecule has 1 aliphatic heterocycles. The van der Waals surface area contributed by atoms with Crippen molar-refractivity contribution in [2.24, 2.45) is 4.99 Å². The zero-order chi connectivity index (χ0) is 29.5. The zero-order valence-electron chi connectivity index (χ0n) is 23.6. The number of sulfone groups is 1. The third-order valence-electron chi connectivity index (χ3n) is 6.01. The van der Waals surface area contributed by atoms with Gasteiger partial charge in [0.25, 0.3) is 0 Å². The standard InChI is InChI=1S/C28H37ClN4O6S/c1-20-23(29)7-6-8-24(20)40(36,37)19-30-14-16-38-18-25(34)32(5)17-21-9-11-22(12-10-21)26-31-13-15-33(26)27(35)39-28(2,3)4/h6-12,30H,13-19H2,1-5H3. The first-order valence-corrected chi connectivity index (χ1v) is 15.0. The van der Waals surface area contributed by atoms with Crippen LogP contribution in [-0.2, 0) is 30.7 Å². The van der Waals surface area contributed by atoms with Gasteiger partial charge in [0.2, 0.25) is 5.91 Å². The number of nitrogens with zero attached hydrogens (tertiary/aromatic N) is 3. The van der Waals surface area contributed by atoms with E-state index in [1.807, 2.05) is 45.0 Å². The number of rotatable bonds is 11. The smallest absolute Gasteiger partial charge is 0.416 e. The Morgan fingerprint density at radius 3 is 2.52 bits per heavy atom. The maximum Gasteiger partial charge on any atom is 0.416 e. The molecule has 0 fully saturated rings. The van der Waals surface area contributed by atoms with Crippen LogP contribution in [0, 0.1) is 6.92 Å². The summed E-state index contributed by atoms with van der Waals surface area (Å²) < 4.78 is 36.0. The largest absolute Gasteiger partial charge is 0.443 e. The fraction of sp³-hybridized carbons (Fsp3) is 0.464. The number of amides is 2. The molecule has 218 valence electrons. The first-order chi connectivity index (χ1) is 18.8. The Labute approximate surface area is 241 Å². The van der Waals surface area contributed by atoms with E-state index in [2.05, 4.69) is 10.3 Å². The van der Waals surface area contributed by atoms with Crippen LogP contribution >= 0.6 is 11.6 Å². The van der Waals surface area contributed by atoms with E-state index < -0.39 is 21.5 Å². The molecule has 1 aliphatic rings. The molecule has 0 radical (unpaired) electrons. The predicted molar refractivity (Wildman–Crippen MR) is 154 cm³/mol. The number of likely N-dealkylation sites (N-methyl/N-ethyl adjacent to an activating group) is 1. The van der Waals surface area contributed by atoms with Crippen molar-refractivity contribution in [1.82, 2.24) is 15.1 Å². The molecule has 3 rings (SSSR count). The normalized spacial score (nSPS) is 13.8. The molecule has 40 heavy (non-hydrogen) atoms. The number of hydrogen-bond donors (Lipinski definition) is 1. The van der Waals surface area contributed by atoms with Gasteiger partial charge in [-0.05, 0) is 51.0 Å². The van der Waals surface area contributed by atoms with Crippen LogP contribution in [0.25, 0.3) is 0 Å². The molecule has 0 unspecified atom stereocenters. The Hall–Kier alpha value is -2.99. The number of benzene rings is 2. The topological polar surface area (TPSA) is 118 Å². The number of halogens is 1. The number of nitrogens with one attached hydrogen (secondary N) is 1. The van der Waals surface area contributed by atoms with Gasteiger partial charge >= 0.3 is 6.09 Å². The number of ether oxygens (including phenoxy) is 2. The Balaban J connectivity index is 1.41. The average Bonchev–Trinajstić information content (AvgIpc) is 3.37. The molecule has 1 N–H and O–H groups in total. The summed E-state index contributed by atoms with van der Waals surface area (Å²) in [6.45, 7) is 8.81. The van der Waals surface area contributed by atoms with Gasteiger partial charge in [0.1, 0.15) is 23.9 Å². The second-order valence-corrected chi connectivity index (χ2v) is 12.8. The highest BCUT2D eigenvalue weighted by Crippen LogP contribution is 2.23.